The minimum absolute atomic E-state index is 0.436. The first-order valence-corrected chi connectivity index (χ1v) is 10.6. The van der Waals surface area contributed by atoms with Crippen LogP contribution in [0.2, 0.25) is 0 Å². The van der Waals surface area contributed by atoms with Gasteiger partial charge in [-0.3, -0.25) is 4.98 Å². The number of hydrogen-bond donors (Lipinski definition) is 0. The Bertz CT molecular complexity index is 1110. The van der Waals surface area contributed by atoms with E-state index in [4.69, 9.17) is 6.35 Å². The second kappa shape index (κ2) is 6.84. The second-order valence-corrected chi connectivity index (χ2v) is 8.48. The summed E-state index contributed by atoms with van der Waals surface area (Å²) in [6.45, 7) is 4.28. The van der Waals surface area contributed by atoms with Crippen LogP contribution < -0.4 is 4.57 Å². The van der Waals surface area contributed by atoms with Gasteiger partial charge in [0, 0.05) is 31.2 Å². The van der Waals surface area contributed by atoms with Crippen molar-refractivity contribution in [3.63, 3.8) is 0 Å². The van der Waals surface area contributed by atoms with Gasteiger partial charge in [0.2, 0.25) is 5.69 Å². The molecule has 0 saturated heterocycles. The summed E-state index contributed by atoms with van der Waals surface area (Å²) in [7, 11) is 2.12. The number of nitrogens with zero attached hydrogens (tertiary/aromatic N) is 2. The Morgan fingerprint density at radius 3 is 2.61 bits per heavy atom. The van der Waals surface area contributed by atoms with Gasteiger partial charge in [-0.2, -0.15) is 0 Å². The molecule has 2 heterocycles. The van der Waals surface area contributed by atoms with Crippen LogP contribution in [0, 0.1) is 13.8 Å². The van der Waals surface area contributed by atoms with Crippen LogP contribution in [0.1, 0.15) is 67.4 Å². The molecule has 0 aliphatic heterocycles. The molecule has 28 heavy (non-hydrogen) atoms. The molecule has 0 atom stereocenters. The van der Waals surface area contributed by atoms with Crippen LogP contribution in [0.5, 0.6) is 0 Å². The lowest BCUT2D eigenvalue weighted by atomic mass is 9.83. The molecular weight excluding hydrogens is 340 g/mol. The molecule has 0 unspecified atom stereocenters. The summed E-state index contributed by atoms with van der Waals surface area (Å²) >= 11 is 0. The Balaban J connectivity index is 1.67. The molecule has 2 heteroatoms. The SMILES string of the molecule is [2H]C1(c2cc[n+](C)c(-c3c(C)ccc4c3Cc3nc(C)ccc3-4)c2)CCCCC1. The van der Waals surface area contributed by atoms with Gasteiger partial charge in [0.1, 0.15) is 7.05 Å². The van der Waals surface area contributed by atoms with Crippen molar-refractivity contribution in [3.8, 4) is 22.4 Å². The fourth-order valence-corrected chi connectivity index (χ4v) is 5.02. The molecule has 3 aromatic rings. The predicted octanol–water partition coefficient (Wildman–Crippen LogP) is 5.81. The molecule has 1 saturated carbocycles. The average Bonchev–Trinajstić information content (AvgIpc) is 3.06. The van der Waals surface area contributed by atoms with E-state index in [1.165, 1.54) is 64.0 Å². The molecule has 2 aliphatic rings. The van der Waals surface area contributed by atoms with Crippen LogP contribution in [0.4, 0.5) is 0 Å². The molecule has 0 amide bonds. The number of rotatable bonds is 2. The number of hydrogen-bond acceptors (Lipinski definition) is 1. The van der Waals surface area contributed by atoms with Gasteiger partial charge in [0.15, 0.2) is 6.20 Å². The highest BCUT2D eigenvalue weighted by atomic mass is 14.9. The fourth-order valence-electron chi connectivity index (χ4n) is 5.02. The van der Waals surface area contributed by atoms with E-state index in [1.54, 1.807) is 0 Å². The standard InChI is InChI=1S/C26H29N2/c1-17-9-11-21-22-12-10-18(2)27-24(22)16-23(21)26(17)25-15-20(13-14-28(25)3)19-7-5-4-6-8-19/h9-15,19H,4-8,16H2,1-3H3/q+1/i19D. The van der Waals surface area contributed by atoms with Crippen molar-refractivity contribution in [2.45, 2.75) is 58.3 Å². The first-order valence-electron chi connectivity index (χ1n) is 11.1. The van der Waals surface area contributed by atoms with Gasteiger partial charge in [-0.05, 0) is 60.9 Å². The number of fused-ring (bicyclic) bond motifs is 3. The van der Waals surface area contributed by atoms with Crippen molar-refractivity contribution in [2.24, 2.45) is 7.05 Å². The van der Waals surface area contributed by atoms with Gasteiger partial charge in [0.25, 0.3) is 0 Å². The minimum atomic E-state index is -0.436. The quantitative estimate of drug-likeness (QED) is 0.407. The maximum atomic E-state index is 9.11. The van der Waals surface area contributed by atoms with E-state index in [1.807, 2.05) is 0 Å². The topological polar surface area (TPSA) is 16.8 Å². The molecule has 5 rings (SSSR count). The molecule has 0 N–H and O–H groups in total. The summed E-state index contributed by atoms with van der Waals surface area (Å²) < 4.78 is 11.3. The second-order valence-electron chi connectivity index (χ2n) is 8.48. The van der Waals surface area contributed by atoms with Crippen molar-refractivity contribution in [3.05, 3.63) is 70.7 Å². The van der Waals surface area contributed by atoms with Crippen molar-refractivity contribution < 1.29 is 5.94 Å². The lowest BCUT2D eigenvalue weighted by Crippen LogP contribution is -2.31. The van der Waals surface area contributed by atoms with Gasteiger partial charge in [-0.15, -0.1) is 0 Å². The third-order valence-electron chi connectivity index (χ3n) is 6.54. The zero-order valence-electron chi connectivity index (χ0n) is 18.2. The van der Waals surface area contributed by atoms with E-state index >= 15 is 0 Å². The highest BCUT2D eigenvalue weighted by Gasteiger charge is 2.28. The summed E-state index contributed by atoms with van der Waals surface area (Å²) in [5.41, 5.74) is 11.3. The molecule has 1 aromatic carbocycles. The van der Waals surface area contributed by atoms with Gasteiger partial charge >= 0.3 is 0 Å². The van der Waals surface area contributed by atoms with Gasteiger partial charge in [0.05, 0.1) is 11.3 Å². The van der Waals surface area contributed by atoms with Crippen LogP contribution in [-0.4, -0.2) is 4.98 Å². The van der Waals surface area contributed by atoms with E-state index in [2.05, 4.69) is 68.1 Å². The summed E-state index contributed by atoms with van der Waals surface area (Å²) in [6.07, 6.45) is 8.59. The van der Waals surface area contributed by atoms with Crippen LogP contribution in [-0.2, 0) is 13.5 Å². The Kier molecular flexibility index (Phi) is 4.03. The Labute approximate surface area is 169 Å². The van der Waals surface area contributed by atoms with Crippen molar-refractivity contribution >= 4 is 0 Å². The summed E-state index contributed by atoms with van der Waals surface area (Å²) in [6, 6.07) is 13.3. The molecular formula is C26H29N2+. The molecule has 2 aromatic heterocycles. The van der Waals surface area contributed by atoms with Crippen LogP contribution in [0.25, 0.3) is 22.4 Å². The first kappa shape index (κ1) is 16.5. The Morgan fingerprint density at radius 2 is 1.79 bits per heavy atom. The monoisotopic (exact) mass is 370 g/mol. The third kappa shape index (κ3) is 2.87. The zero-order valence-corrected chi connectivity index (χ0v) is 17.2. The van der Waals surface area contributed by atoms with E-state index in [9.17, 15) is 0 Å². The first-order chi connectivity index (χ1) is 14.0. The number of benzene rings is 1. The van der Waals surface area contributed by atoms with Gasteiger partial charge < -0.3 is 0 Å². The maximum Gasteiger partial charge on any atom is 0.213 e. The smallest absolute Gasteiger partial charge is 0.213 e. The Hall–Kier alpha value is -2.48. The maximum absolute atomic E-state index is 9.11. The summed E-state index contributed by atoms with van der Waals surface area (Å²) in [5.74, 6) is -0.436. The lowest BCUT2D eigenvalue weighted by Gasteiger charge is -2.22. The molecule has 2 nitrogen and oxygen atoms in total. The highest BCUT2D eigenvalue weighted by molar-refractivity contribution is 5.84. The zero-order chi connectivity index (χ0) is 20.2. The fraction of sp³-hybridized carbons (Fsp3) is 0.385. The van der Waals surface area contributed by atoms with Gasteiger partial charge in [-0.25, -0.2) is 4.57 Å². The third-order valence-corrected chi connectivity index (χ3v) is 6.54. The van der Waals surface area contributed by atoms with E-state index in [0.717, 1.165) is 25.0 Å². The van der Waals surface area contributed by atoms with E-state index in [0.29, 0.717) is 0 Å². The largest absolute Gasteiger partial charge is 0.257 e. The molecule has 0 spiro atoms. The predicted molar refractivity (Wildman–Crippen MR) is 114 cm³/mol. The highest BCUT2D eigenvalue weighted by Crippen LogP contribution is 2.42. The Morgan fingerprint density at radius 1 is 1.00 bits per heavy atom. The van der Waals surface area contributed by atoms with E-state index < -0.39 is 5.89 Å². The summed E-state index contributed by atoms with van der Waals surface area (Å²) in [5, 5.41) is 0. The minimum Gasteiger partial charge on any atom is -0.257 e. The number of aromatic nitrogens is 2. The molecule has 1 fully saturated rings. The number of aryl methyl sites for hydroxylation is 3. The van der Waals surface area contributed by atoms with E-state index in [-0.39, 0.29) is 0 Å². The normalized spacial score (nSPS) is 17.8. The molecule has 0 bridgehead atoms. The van der Waals surface area contributed by atoms with Gasteiger partial charge in [-0.1, -0.05) is 37.5 Å². The van der Waals surface area contributed by atoms with Crippen molar-refractivity contribution in [2.75, 3.05) is 0 Å². The molecule has 142 valence electrons. The van der Waals surface area contributed by atoms with Crippen LogP contribution >= 0.6 is 0 Å². The number of pyridine rings is 2. The lowest BCUT2D eigenvalue weighted by molar-refractivity contribution is -0.660. The summed E-state index contributed by atoms with van der Waals surface area (Å²) in [4.78, 5) is 4.82. The van der Waals surface area contributed by atoms with Crippen LogP contribution in [0.3, 0.4) is 0 Å². The average molecular weight is 371 g/mol. The molecule has 0 radical (unpaired) electrons. The van der Waals surface area contributed by atoms with Crippen LogP contribution in [0.15, 0.2) is 42.6 Å². The van der Waals surface area contributed by atoms with Crippen molar-refractivity contribution in [1.29, 1.82) is 0 Å². The molecule has 2 aliphatic carbocycles. The van der Waals surface area contributed by atoms with Crippen molar-refractivity contribution in [1.82, 2.24) is 4.98 Å².